The summed E-state index contributed by atoms with van der Waals surface area (Å²) in [6.07, 6.45) is 0. The molecule has 3 aromatic rings. The second-order valence-electron chi connectivity index (χ2n) is 6.77. The molecule has 0 radical (unpaired) electrons. The van der Waals surface area contributed by atoms with Crippen LogP contribution >= 0.6 is 23.2 Å². The zero-order valence-electron chi connectivity index (χ0n) is 16.4. The highest BCUT2D eigenvalue weighted by atomic mass is 35.5. The van der Waals surface area contributed by atoms with Gasteiger partial charge in [0.2, 0.25) is 5.91 Å². The molecule has 0 bridgehead atoms. The zero-order chi connectivity index (χ0) is 21.9. The summed E-state index contributed by atoms with van der Waals surface area (Å²) in [5.74, 6) is -0.504. The monoisotopic (exact) mass is 462 g/mol. The van der Waals surface area contributed by atoms with Crippen molar-refractivity contribution in [1.29, 1.82) is 0 Å². The van der Waals surface area contributed by atoms with E-state index in [1.807, 2.05) is 6.92 Å². The number of nitrogens with one attached hydrogen (secondary N) is 1. The molecule has 0 fully saturated rings. The SMILES string of the molecule is Cc1ccc(S(=O)(=O)N(CC(=O)Nc2cccc(Cl)c2C)c2cccc(Cl)c2)cc1. The summed E-state index contributed by atoms with van der Waals surface area (Å²) in [5.41, 5.74) is 2.44. The second-order valence-corrected chi connectivity index (χ2v) is 9.47. The Bertz CT molecular complexity index is 1180. The normalized spacial score (nSPS) is 11.2. The number of hydrogen-bond acceptors (Lipinski definition) is 3. The summed E-state index contributed by atoms with van der Waals surface area (Å²) in [6, 6.07) is 17.9. The fraction of sp³-hybridized carbons (Fsp3) is 0.136. The summed E-state index contributed by atoms with van der Waals surface area (Å²) >= 11 is 12.2. The topological polar surface area (TPSA) is 66.5 Å². The average Bonchev–Trinajstić information content (AvgIpc) is 2.70. The molecule has 0 unspecified atom stereocenters. The van der Waals surface area contributed by atoms with Crippen molar-refractivity contribution >= 4 is 50.5 Å². The molecule has 0 spiro atoms. The van der Waals surface area contributed by atoms with Crippen LogP contribution < -0.4 is 9.62 Å². The van der Waals surface area contributed by atoms with E-state index in [2.05, 4.69) is 5.32 Å². The summed E-state index contributed by atoms with van der Waals surface area (Å²) in [5, 5.41) is 3.61. The number of aryl methyl sites for hydroxylation is 1. The number of carbonyl (C=O) groups excluding carboxylic acids is 1. The number of rotatable bonds is 6. The molecule has 0 aliphatic heterocycles. The molecular formula is C22H20Cl2N2O3S. The summed E-state index contributed by atoms with van der Waals surface area (Å²) in [4.78, 5) is 12.9. The zero-order valence-corrected chi connectivity index (χ0v) is 18.7. The Morgan fingerprint density at radius 3 is 2.30 bits per heavy atom. The third kappa shape index (κ3) is 4.95. The van der Waals surface area contributed by atoms with Gasteiger partial charge in [-0.3, -0.25) is 9.10 Å². The Labute approximate surface area is 186 Å². The molecule has 8 heteroatoms. The van der Waals surface area contributed by atoms with Crippen LogP contribution in [-0.2, 0) is 14.8 Å². The van der Waals surface area contributed by atoms with Crippen molar-refractivity contribution in [3.8, 4) is 0 Å². The van der Waals surface area contributed by atoms with Gasteiger partial charge in [-0.05, 0) is 61.9 Å². The lowest BCUT2D eigenvalue weighted by atomic mass is 10.2. The highest BCUT2D eigenvalue weighted by molar-refractivity contribution is 7.92. The Morgan fingerprint density at radius 1 is 0.967 bits per heavy atom. The van der Waals surface area contributed by atoms with Crippen LogP contribution in [0.1, 0.15) is 11.1 Å². The van der Waals surface area contributed by atoms with Crippen molar-refractivity contribution in [1.82, 2.24) is 0 Å². The number of nitrogens with zero attached hydrogens (tertiary/aromatic N) is 1. The number of halogens is 2. The second kappa shape index (κ2) is 9.08. The molecule has 1 N–H and O–H groups in total. The third-order valence-corrected chi connectivity index (χ3v) is 6.97. The van der Waals surface area contributed by atoms with Gasteiger partial charge in [-0.1, -0.05) is 53.0 Å². The van der Waals surface area contributed by atoms with Crippen molar-refractivity contribution in [3.63, 3.8) is 0 Å². The van der Waals surface area contributed by atoms with Gasteiger partial charge in [0.15, 0.2) is 0 Å². The van der Waals surface area contributed by atoms with Crippen LogP contribution in [0.5, 0.6) is 0 Å². The maximum atomic E-state index is 13.3. The van der Waals surface area contributed by atoms with Crippen LogP contribution in [0.25, 0.3) is 0 Å². The Hall–Kier alpha value is -2.54. The van der Waals surface area contributed by atoms with E-state index in [4.69, 9.17) is 23.2 Å². The molecule has 3 rings (SSSR count). The van der Waals surface area contributed by atoms with Crippen molar-refractivity contribution in [2.24, 2.45) is 0 Å². The lowest BCUT2D eigenvalue weighted by molar-refractivity contribution is -0.114. The molecule has 0 aliphatic rings. The fourth-order valence-corrected chi connectivity index (χ4v) is 4.62. The summed E-state index contributed by atoms with van der Waals surface area (Å²) in [6.45, 7) is 3.21. The molecule has 1 amide bonds. The molecule has 30 heavy (non-hydrogen) atoms. The highest BCUT2D eigenvalue weighted by Crippen LogP contribution is 2.27. The number of hydrogen-bond donors (Lipinski definition) is 1. The Kier molecular flexibility index (Phi) is 6.71. The molecule has 0 saturated carbocycles. The molecule has 0 heterocycles. The first-order valence-electron chi connectivity index (χ1n) is 9.08. The van der Waals surface area contributed by atoms with Gasteiger partial charge in [0.25, 0.3) is 10.0 Å². The number of carbonyl (C=O) groups is 1. The maximum absolute atomic E-state index is 13.3. The molecule has 0 aromatic heterocycles. The minimum Gasteiger partial charge on any atom is -0.324 e. The van der Waals surface area contributed by atoms with Crippen LogP contribution in [0, 0.1) is 13.8 Å². The van der Waals surface area contributed by atoms with Crippen molar-refractivity contribution in [3.05, 3.63) is 87.9 Å². The molecule has 3 aromatic carbocycles. The average molecular weight is 463 g/mol. The minimum absolute atomic E-state index is 0.0832. The van der Waals surface area contributed by atoms with Gasteiger partial charge in [0, 0.05) is 15.7 Å². The largest absolute Gasteiger partial charge is 0.324 e. The summed E-state index contributed by atoms with van der Waals surface area (Å²) < 4.78 is 27.7. The van der Waals surface area contributed by atoms with E-state index in [9.17, 15) is 13.2 Å². The van der Waals surface area contributed by atoms with Crippen molar-refractivity contribution < 1.29 is 13.2 Å². The standard InChI is InChI=1S/C22H20Cl2N2O3S/c1-15-9-11-19(12-10-15)30(28,29)26(18-6-3-5-17(23)13-18)14-22(27)25-21-8-4-7-20(24)16(21)2/h3-13H,14H2,1-2H3,(H,25,27). The van der Waals surface area contributed by atoms with E-state index >= 15 is 0 Å². The molecular weight excluding hydrogens is 443 g/mol. The molecule has 0 aliphatic carbocycles. The Balaban J connectivity index is 1.97. The predicted molar refractivity (Wildman–Crippen MR) is 122 cm³/mol. The van der Waals surface area contributed by atoms with Gasteiger partial charge in [-0.2, -0.15) is 0 Å². The quantitative estimate of drug-likeness (QED) is 0.529. The van der Waals surface area contributed by atoms with E-state index in [1.165, 1.54) is 18.2 Å². The van der Waals surface area contributed by atoms with E-state index in [0.29, 0.717) is 27.0 Å². The molecule has 5 nitrogen and oxygen atoms in total. The number of sulfonamides is 1. The minimum atomic E-state index is -4.01. The van der Waals surface area contributed by atoms with E-state index < -0.39 is 22.5 Å². The van der Waals surface area contributed by atoms with Crippen molar-refractivity contribution in [2.45, 2.75) is 18.7 Å². The molecule has 0 saturated heterocycles. The highest BCUT2D eigenvalue weighted by Gasteiger charge is 2.27. The van der Waals surface area contributed by atoms with Gasteiger partial charge < -0.3 is 5.32 Å². The van der Waals surface area contributed by atoms with Gasteiger partial charge in [0.05, 0.1) is 10.6 Å². The van der Waals surface area contributed by atoms with Crippen molar-refractivity contribution in [2.75, 3.05) is 16.2 Å². The first kappa shape index (κ1) is 22.2. The fourth-order valence-electron chi connectivity index (χ4n) is 2.85. The van der Waals surface area contributed by atoms with Crippen LogP contribution in [0.15, 0.2) is 71.6 Å². The smallest absolute Gasteiger partial charge is 0.264 e. The van der Waals surface area contributed by atoms with Gasteiger partial charge in [-0.15, -0.1) is 0 Å². The van der Waals surface area contributed by atoms with E-state index in [0.717, 1.165) is 9.87 Å². The van der Waals surface area contributed by atoms with Gasteiger partial charge in [-0.25, -0.2) is 8.42 Å². The van der Waals surface area contributed by atoms with Crippen LogP contribution in [-0.4, -0.2) is 20.9 Å². The first-order chi connectivity index (χ1) is 14.2. The molecule has 156 valence electrons. The molecule has 0 atom stereocenters. The predicted octanol–water partition coefficient (Wildman–Crippen LogP) is 5.44. The third-order valence-electron chi connectivity index (χ3n) is 4.53. The van der Waals surface area contributed by atoms with E-state index in [-0.39, 0.29) is 4.90 Å². The Morgan fingerprint density at radius 2 is 1.63 bits per heavy atom. The summed E-state index contributed by atoms with van der Waals surface area (Å²) in [7, 11) is -4.01. The number of benzene rings is 3. The first-order valence-corrected chi connectivity index (χ1v) is 11.3. The van der Waals surface area contributed by atoms with Gasteiger partial charge in [0.1, 0.15) is 6.54 Å². The van der Waals surface area contributed by atoms with E-state index in [1.54, 1.807) is 55.5 Å². The van der Waals surface area contributed by atoms with Gasteiger partial charge >= 0.3 is 0 Å². The lowest BCUT2D eigenvalue weighted by Gasteiger charge is -2.24. The van der Waals surface area contributed by atoms with Crippen LogP contribution in [0.2, 0.25) is 10.0 Å². The lowest BCUT2D eigenvalue weighted by Crippen LogP contribution is -2.38. The van der Waals surface area contributed by atoms with Crippen LogP contribution in [0.3, 0.4) is 0 Å². The number of anilines is 2. The van der Waals surface area contributed by atoms with Crippen LogP contribution in [0.4, 0.5) is 11.4 Å². The maximum Gasteiger partial charge on any atom is 0.264 e. The number of amides is 1.